The first-order chi connectivity index (χ1) is 9.70. The molecule has 0 radical (unpaired) electrons. The zero-order chi connectivity index (χ0) is 14.1. The topological polar surface area (TPSA) is 77.7 Å². The van der Waals surface area contributed by atoms with Crippen molar-refractivity contribution in [2.45, 2.75) is 6.92 Å². The van der Waals surface area contributed by atoms with Crippen molar-refractivity contribution in [1.29, 1.82) is 0 Å². The number of carbonyl (C=O) groups is 1. The second-order valence-electron chi connectivity index (χ2n) is 4.58. The average Bonchev–Trinajstić information content (AvgIpc) is 3.13. The molecule has 3 aromatic heterocycles. The van der Waals surface area contributed by atoms with Gasteiger partial charge in [-0.25, -0.2) is 9.97 Å². The molecule has 3 heterocycles. The monoisotopic (exact) mass is 269 g/mol. The summed E-state index contributed by atoms with van der Waals surface area (Å²) in [5, 5.41) is 0.939. The van der Waals surface area contributed by atoms with Gasteiger partial charge in [0, 0.05) is 36.9 Å². The van der Waals surface area contributed by atoms with Gasteiger partial charge in [-0.2, -0.15) is 0 Å². The number of aromatic nitrogens is 4. The summed E-state index contributed by atoms with van der Waals surface area (Å²) in [7, 11) is 1.78. The summed E-state index contributed by atoms with van der Waals surface area (Å²) < 4.78 is 0. The Hall–Kier alpha value is -2.63. The van der Waals surface area contributed by atoms with E-state index in [9.17, 15) is 4.79 Å². The first-order valence-electron chi connectivity index (χ1n) is 6.43. The second-order valence-corrected chi connectivity index (χ2v) is 4.58. The maximum Gasteiger partial charge on any atom is 0.270 e. The van der Waals surface area contributed by atoms with E-state index in [0.717, 1.165) is 22.3 Å². The van der Waals surface area contributed by atoms with Gasteiger partial charge in [0.2, 0.25) is 0 Å². The summed E-state index contributed by atoms with van der Waals surface area (Å²) >= 11 is 0. The number of hydrogen-bond donors (Lipinski definition) is 2. The molecule has 6 heteroatoms. The summed E-state index contributed by atoms with van der Waals surface area (Å²) in [6.07, 6.45) is 5.14. The van der Waals surface area contributed by atoms with Gasteiger partial charge < -0.3 is 14.9 Å². The van der Waals surface area contributed by atoms with Gasteiger partial charge in [-0.05, 0) is 19.1 Å². The van der Waals surface area contributed by atoms with Crippen LogP contribution in [0.1, 0.15) is 17.4 Å². The fourth-order valence-corrected chi connectivity index (χ4v) is 2.11. The van der Waals surface area contributed by atoms with Crippen molar-refractivity contribution in [3.63, 3.8) is 0 Å². The normalized spacial score (nSPS) is 10.9. The summed E-state index contributed by atoms with van der Waals surface area (Å²) in [6, 6.07) is 3.75. The maximum absolute atomic E-state index is 12.1. The van der Waals surface area contributed by atoms with Crippen molar-refractivity contribution in [2.75, 3.05) is 13.6 Å². The van der Waals surface area contributed by atoms with Gasteiger partial charge in [-0.3, -0.25) is 4.79 Å². The molecule has 0 aromatic carbocycles. The quantitative estimate of drug-likeness (QED) is 0.763. The van der Waals surface area contributed by atoms with E-state index in [2.05, 4.69) is 19.9 Å². The highest BCUT2D eigenvalue weighted by atomic mass is 16.2. The van der Waals surface area contributed by atoms with Crippen LogP contribution in [0.5, 0.6) is 0 Å². The van der Waals surface area contributed by atoms with Crippen LogP contribution in [0.3, 0.4) is 0 Å². The van der Waals surface area contributed by atoms with E-state index in [1.165, 1.54) is 6.33 Å². The number of nitrogens with one attached hydrogen (secondary N) is 2. The van der Waals surface area contributed by atoms with Gasteiger partial charge in [0.05, 0.1) is 5.69 Å². The first kappa shape index (κ1) is 12.4. The number of nitrogens with zero attached hydrogens (tertiary/aromatic N) is 3. The molecule has 3 aromatic rings. The number of H-pyrrole nitrogens is 2. The van der Waals surface area contributed by atoms with E-state index in [-0.39, 0.29) is 5.91 Å². The zero-order valence-corrected chi connectivity index (χ0v) is 11.3. The van der Waals surface area contributed by atoms with Crippen molar-refractivity contribution >= 4 is 16.9 Å². The van der Waals surface area contributed by atoms with Crippen LogP contribution >= 0.6 is 0 Å². The highest BCUT2D eigenvalue weighted by molar-refractivity contribution is 5.96. The van der Waals surface area contributed by atoms with Gasteiger partial charge in [-0.15, -0.1) is 0 Å². The molecule has 0 aliphatic carbocycles. The van der Waals surface area contributed by atoms with Crippen molar-refractivity contribution in [2.24, 2.45) is 0 Å². The Bertz CT molecular complexity index is 758. The molecular formula is C14H15N5O. The maximum atomic E-state index is 12.1. The van der Waals surface area contributed by atoms with E-state index in [4.69, 9.17) is 0 Å². The van der Waals surface area contributed by atoms with E-state index in [1.807, 2.05) is 25.3 Å². The molecule has 0 atom stereocenters. The van der Waals surface area contributed by atoms with Crippen LogP contribution in [0.4, 0.5) is 0 Å². The Morgan fingerprint density at radius 3 is 3.00 bits per heavy atom. The molecule has 0 aliphatic heterocycles. The van der Waals surface area contributed by atoms with Crippen molar-refractivity contribution < 1.29 is 4.79 Å². The highest BCUT2D eigenvalue weighted by Crippen LogP contribution is 2.25. The molecule has 0 bridgehead atoms. The van der Waals surface area contributed by atoms with Crippen molar-refractivity contribution in [3.8, 4) is 11.3 Å². The Kier molecular flexibility index (Phi) is 2.98. The van der Waals surface area contributed by atoms with Crippen molar-refractivity contribution in [1.82, 2.24) is 24.8 Å². The van der Waals surface area contributed by atoms with Crippen LogP contribution < -0.4 is 0 Å². The Morgan fingerprint density at radius 2 is 2.20 bits per heavy atom. The minimum atomic E-state index is -0.0295. The van der Waals surface area contributed by atoms with Gasteiger partial charge in [0.25, 0.3) is 5.91 Å². The second kappa shape index (κ2) is 4.80. The van der Waals surface area contributed by atoms with E-state index in [1.54, 1.807) is 18.1 Å². The van der Waals surface area contributed by atoms with E-state index < -0.39 is 0 Å². The molecule has 2 N–H and O–H groups in total. The third-order valence-corrected chi connectivity index (χ3v) is 3.36. The van der Waals surface area contributed by atoms with Crippen LogP contribution in [0, 0.1) is 0 Å². The Balaban J connectivity index is 2.02. The number of fused-ring (bicyclic) bond motifs is 1. The lowest BCUT2D eigenvalue weighted by molar-refractivity contribution is 0.0797. The molecule has 102 valence electrons. The van der Waals surface area contributed by atoms with Crippen LogP contribution in [0.25, 0.3) is 22.3 Å². The predicted molar refractivity (Wildman–Crippen MR) is 76.3 cm³/mol. The Labute approximate surface area is 115 Å². The molecule has 20 heavy (non-hydrogen) atoms. The minimum Gasteiger partial charge on any atom is -0.357 e. The summed E-state index contributed by atoms with van der Waals surface area (Å²) in [5.41, 5.74) is 3.04. The van der Waals surface area contributed by atoms with Gasteiger partial charge in [0.15, 0.2) is 0 Å². The number of carbonyl (C=O) groups excluding carboxylic acids is 1. The lowest BCUT2D eigenvalue weighted by Crippen LogP contribution is -2.26. The first-order valence-corrected chi connectivity index (χ1v) is 6.43. The summed E-state index contributed by atoms with van der Waals surface area (Å²) in [5.74, 6) is -0.0295. The number of aromatic amines is 2. The Morgan fingerprint density at radius 1 is 1.35 bits per heavy atom. The number of hydrogen-bond acceptors (Lipinski definition) is 3. The van der Waals surface area contributed by atoms with E-state index in [0.29, 0.717) is 12.2 Å². The highest BCUT2D eigenvalue weighted by Gasteiger charge is 2.15. The zero-order valence-electron chi connectivity index (χ0n) is 11.3. The number of rotatable bonds is 3. The van der Waals surface area contributed by atoms with Crippen LogP contribution in [0.2, 0.25) is 0 Å². The van der Waals surface area contributed by atoms with Gasteiger partial charge in [-0.1, -0.05) is 0 Å². The lowest BCUT2D eigenvalue weighted by atomic mass is 10.1. The number of amides is 1. The smallest absolute Gasteiger partial charge is 0.270 e. The SMILES string of the molecule is CCN(C)C(=O)c1cc(-c2ncnc3[nH]ccc23)c[nH]1. The third kappa shape index (κ3) is 1.95. The molecule has 0 unspecified atom stereocenters. The molecule has 0 spiro atoms. The minimum absolute atomic E-state index is 0.0295. The molecule has 0 saturated carbocycles. The fraction of sp³-hybridized carbons (Fsp3) is 0.214. The van der Waals surface area contributed by atoms with Crippen molar-refractivity contribution in [3.05, 3.63) is 36.5 Å². The van der Waals surface area contributed by atoms with E-state index >= 15 is 0 Å². The predicted octanol–water partition coefficient (Wildman–Crippen LogP) is 2.04. The van der Waals surface area contributed by atoms with Crippen LogP contribution in [-0.4, -0.2) is 44.3 Å². The fourth-order valence-electron chi connectivity index (χ4n) is 2.11. The van der Waals surface area contributed by atoms with Gasteiger partial charge in [0.1, 0.15) is 17.7 Å². The summed E-state index contributed by atoms with van der Waals surface area (Å²) in [6.45, 7) is 2.61. The molecule has 0 fully saturated rings. The molecule has 3 rings (SSSR count). The molecule has 6 nitrogen and oxygen atoms in total. The molecular weight excluding hydrogens is 254 g/mol. The van der Waals surface area contributed by atoms with Crippen LogP contribution in [-0.2, 0) is 0 Å². The molecule has 0 saturated heterocycles. The van der Waals surface area contributed by atoms with Crippen LogP contribution in [0.15, 0.2) is 30.9 Å². The average molecular weight is 269 g/mol. The summed E-state index contributed by atoms with van der Waals surface area (Å²) in [4.78, 5) is 28.3. The van der Waals surface area contributed by atoms with Gasteiger partial charge >= 0.3 is 0 Å². The molecule has 0 aliphatic rings. The lowest BCUT2D eigenvalue weighted by Gasteiger charge is -2.12. The molecule has 1 amide bonds. The third-order valence-electron chi connectivity index (χ3n) is 3.36. The standard InChI is InChI=1S/C14H15N5O/c1-3-19(2)14(20)11-6-9(7-16-11)12-10-4-5-15-13(10)18-8-17-12/h4-8,16H,3H2,1-2H3,(H,15,17,18). The largest absolute Gasteiger partial charge is 0.357 e.